The van der Waals surface area contributed by atoms with Crippen molar-refractivity contribution in [1.29, 1.82) is 0 Å². The highest BCUT2D eigenvalue weighted by Crippen LogP contribution is 2.37. The van der Waals surface area contributed by atoms with Gasteiger partial charge in [-0.2, -0.15) is 0 Å². The minimum atomic E-state index is -0.00249. The molecule has 0 aromatic heterocycles. The normalized spacial score (nSPS) is 12.1. The zero-order valence-electron chi connectivity index (χ0n) is 14.2. The van der Waals surface area contributed by atoms with Crippen LogP contribution in [0.15, 0.2) is 12.1 Å². The molecule has 0 radical (unpaired) electrons. The van der Waals surface area contributed by atoms with Gasteiger partial charge in [-0.05, 0) is 33.9 Å². The number of rotatable bonds is 3. The molecule has 0 saturated heterocycles. The number of hydrogen-bond acceptors (Lipinski definition) is 1. The van der Waals surface area contributed by atoms with E-state index in [-0.39, 0.29) is 11.3 Å². The van der Waals surface area contributed by atoms with Crippen LogP contribution < -0.4 is 5.32 Å². The first-order valence-corrected chi connectivity index (χ1v) is 7.50. The van der Waals surface area contributed by atoms with Gasteiger partial charge < -0.3 is 5.32 Å². The fourth-order valence-corrected chi connectivity index (χ4v) is 2.35. The Kier molecular flexibility index (Phi) is 5.01. The molecule has 1 N–H and O–H groups in total. The van der Waals surface area contributed by atoms with Crippen LogP contribution in [0.5, 0.6) is 0 Å². The predicted octanol–water partition coefficient (Wildman–Crippen LogP) is 5.19. The van der Waals surface area contributed by atoms with Crippen LogP contribution in [0.4, 0.5) is 5.69 Å². The van der Waals surface area contributed by atoms with Gasteiger partial charge >= 0.3 is 0 Å². The number of anilines is 1. The average Bonchev–Trinajstić information content (AvgIpc) is 2.25. The Morgan fingerprint density at radius 3 is 1.65 bits per heavy atom. The van der Waals surface area contributed by atoms with Gasteiger partial charge in [0.1, 0.15) is 0 Å². The SMILES string of the molecule is CC(=O)Nc1c(C(C)C)cc(C(C)(C)C)cc1C(C)C. The van der Waals surface area contributed by atoms with Gasteiger partial charge in [-0.15, -0.1) is 0 Å². The second-order valence-corrected chi connectivity index (χ2v) is 7.27. The van der Waals surface area contributed by atoms with Crippen LogP contribution in [-0.2, 0) is 10.2 Å². The van der Waals surface area contributed by atoms with E-state index in [0.717, 1.165) is 5.69 Å². The standard InChI is InChI=1S/C18H29NO/c1-11(2)15-9-14(18(6,7)8)10-16(12(3)4)17(15)19-13(5)20/h9-12H,1-8H3,(H,19,20). The second-order valence-electron chi connectivity index (χ2n) is 7.27. The van der Waals surface area contributed by atoms with Gasteiger partial charge in [0.25, 0.3) is 0 Å². The minimum Gasteiger partial charge on any atom is -0.326 e. The molecule has 1 aromatic carbocycles. The van der Waals surface area contributed by atoms with E-state index in [1.54, 1.807) is 6.92 Å². The summed E-state index contributed by atoms with van der Waals surface area (Å²) in [4.78, 5) is 11.5. The molecule has 1 amide bonds. The van der Waals surface area contributed by atoms with E-state index in [9.17, 15) is 4.79 Å². The highest BCUT2D eigenvalue weighted by molar-refractivity contribution is 5.91. The number of nitrogens with one attached hydrogen (secondary N) is 1. The highest BCUT2D eigenvalue weighted by atomic mass is 16.1. The Morgan fingerprint density at radius 1 is 1.00 bits per heavy atom. The molecule has 0 atom stereocenters. The van der Waals surface area contributed by atoms with Gasteiger partial charge in [-0.1, -0.05) is 60.6 Å². The van der Waals surface area contributed by atoms with E-state index in [4.69, 9.17) is 0 Å². The molecular formula is C18H29NO. The summed E-state index contributed by atoms with van der Waals surface area (Å²) in [6, 6.07) is 4.50. The first-order valence-electron chi connectivity index (χ1n) is 7.50. The summed E-state index contributed by atoms with van der Waals surface area (Å²) in [5.41, 5.74) is 4.92. The summed E-state index contributed by atoms with van der Waals surface area (Å²) in [7, 11) is 0. The zero-order chi connectivity index (χ0) is 15.7. The van der Waals surface area contributed by atoms with Crippen LogP contribution in [0.2, 0.25) is 0 Å². The van der Waals surface area contributed by atoms with Crippen LogP contribution in [-0.4, -0.2) is 5.91 Å². The van der Waals surface area contributed by atoms with Gasteiger partial charge in [0.2, 0.25) is 5.91 Å². The molecule has 0 aliphatic heterocycles. The van der Waals surface area contributed by atoms with Gasteiger partial charge in [0.05, 0.1) is 0 Å². The van der Waals surface area contributed by atoms with Crippen molar-refractivity contribution in [2.45, 2.75) is 72.6 Å². The van der Waals surface area contributed by atoms with E-state index in [0.29, 0.717) is 11.8 Å². The summed E-state index contributed by atoms with van der Waals surface area (Å²) >= 11 is 0. The lowest BCUT2D eigenvalue weighted by Gasteiger charge is -2.26. The molecule has 0 spiro atoms. The predicted molar refractivity (Wildman–Crippen MR) is 87.6 cm³/mol. The third kappa shape index (κ3) is 3.84. The van der Waals surface area contributed by atoms with Gasteiger partial charge in [-0.25, -0.2) is 0 Å². The monoisotopic (exact) mass is 275 g/mol. The first-order chi connectivity index (χ1) is 9.04. The molecule has 1 rings (SSSR count). The largest absolute Gasteiger partial charge is 0.326 e. The van der Waals surface area contributed by atoms with E-state index < -0.39 is 0 Å². The highest BCUT2D eigenvalue weighted by Gasteiger charge is 2.21. The Hall–Kier alpha value is -1.31. The lowest BCUT2D eigenvalue weighted by atomic mass is 9.81. The smallest absolute Gasteiger partial charge is 0.221 e. The third-order valence-electron chi connectivity index (χ3n) is 3.61. The molecule has 20 heavy (non-hydrogen) atoms. The Labute approximate surface area is 124 Å². The van der Waals surface area contributed by atoms with Crippen molar-refractivity contribution in [2.75, 3.05) is 5.32 Å². The fraction of sp³-hybridized carbons (Fsp3) is 0.611. The molecule has 2 nitrogen and oxygen atoms in total. The van der Waals surface area contributed by atoms with E-state index in [2.05, 4.69) is 65.9 Å². The van der Waals surface area contributed by atoms with Gasteiger partial charge in [0.15, 0.2) is 0 Å². The molecule has 2 heteroatoms. The molecule has 0 heterocycles. The summed E-state index contributed by atoms with van der Waals surface area (Å²) in [5, 5.41) is 3.04. The van der Waals surface area contributed by atoms with Crippen molar-refractivity contribution >= 4 is 11.6 Å². The van der Waals surface area contributed by atoms with Crippen LogP contribution in [0.3, 0.4) is 0 Å². The molecule has 0 fully saturated rings. The van der Waals surface area contributed by atoms with Crippen LogP contribution in [0.1, 0.15) is 83.9 Å². The molecule has 0 bridgehead atoms. The summed E-state index contributed by atoms with van der Waals surface area (Å²) < 4.78 is 0. The minimum absolute atomic E-state index is 0.00249. The van der Waals surface area contributed by atoms with Crippen LogP contribution >= 0.6 is 0 Å². The van der Waals surface area contributed by atoms with Crippen LogP contribution in [0, 0.1) is 0 Å². The zero-order valence-corrected chi connectivity index (χ0v) is 14.2. The number of benzene rings is 1. The lowest BCUT2D eigenvalue weighted by Crippen LogP contribution is -2.17. The maximum atomic E-state index is 11.5. The molecule has 0 saturated carbocycles. The van der Waals surface area contributed by atoms with Crippen molar-refractivity contribution in [1.82, 2.24) is 0 Å². The first kappa shape index (κ1) is 16.7. The maximum Gasteiger partial charge on any atom is 0.221 e. The van der Waals surface area contributed by atoms with E-state index >= 15 is 0 Å². The fourth-order valence-electron chi connectivity index (χ4n) is 2.35. The van der Waals surface area contributed by atoms with Crippen molar-refractivity contribution in [3.63, 3.8) is 0 Å². The second kappa shape index (κ2) is 5.99. The van der Waals surface area contributed by atoms with Crippen LogP contribution in [0.25, 0.3) is 0 Å². The Morgan fingerprint density at radius 2 is 1.40 bits per heavy atom. The van der Waals surface area contributed by atoms with Crippen molar-refractivity contribution in [2.24, 2.45) is 0 Å². The summed E-state index contributed by atoms with van der Waals surface area (Å²) in [6.07, 6.45) is 0. The Balaban J connectivity index is 3.59. The summed E-state index contributed by atoms with van der Waals surface area (Å²) in [6.45, 7) is 17.0. The van der Waals surface area contributed by atoms with E-state index in [1.807, 2.05) is 0 Å². The average molecular weight is 275 g/mol. The topological polar surface area (TPSA) is 29.1 Å². The lowest BCUT2D eigenvalue weighted by molar-refractivity contribution is -0.114. The summed E-state index contributed by atoms with van der Waals surface area (Å²) in [5.74, 6) is 0.769. The molecular weight excluding hydrogens is 246 g/mol. The maximum absolute atomic E-state index is 11.5. The van der Waals surface area contributed by atoms with E-state index in [1.165, 1.54) is 16.7 Å². The number of amides is 1. The van der Waals surface area contributed by atoms with Crippen molar-refractivity contribution in [3.05, 3.63) is 28.8 Å². The molecule has 1 aromatic rings. The number of carbonyl (C=O) groups is 1. The number of carbonyl (C=O) groups excluding carboxylic acids is 1. The van der Waals surface area contributed by atoms with Gasteiger partial charge in [0, 0.05) is 12.6 Å². The molecule has 0 aliphatic carbocycles. The molecule has 112 valence electrons. The van der Waals surface area contributed by atoms with Crippen molar-refractivity contribution < 1.29 is 4.79 Å². The van der Waals surface area contributed by atoms with Crippen molar-refractivity contribution in [3.8, 4) is 0 Å². The quantitative estimate of drug-likeness (QED) is 0.808. The molecule has 0 aliphatic rings. The Bertz CT molecular complexity index is 464. The third-order valence-corrected chi connectivity index (χ3v) is 3.61. The number of hydrogen-bond donors (Lipinski definition) is 1. The molecule has 0 unspecified atom stereocenters. The van der Waals surface area contributed by atoms with Gasteiger partial charge in [-0.3, -0.25) is 4.79 Å².